The smallest absolute Gasteiger partial charge is 0.330 e. The van der Waals surface area contributed by atoms with Gasteiger partial charge in [-0.15, -0.1) is 6.58 Å². The van der Waals surface area contributed by atoms with E-state index in [-0.39, 0.29) is 37.6 Å². The van der Waals surface area contributed by atoms with Crippen molar-refractivity contribution in [3.8, 4) is 17.0 Å². The van der Waals surface area contributed by atoms with E-state index in [0.29, 0.717) is 25.0 Å². The second kappa shape index (κ2) is 13.4. The number of aliphatic carboxylic acids is 1. The first kappa shape index (κ1) is 32.0. The Balaban J connectivity index is 1.40. The number of allylic oxidation sites excluding steroid dienone is 1. The summed E-state index contributed by atoms with van der Waals surface area (Å²) >= 11 is 0. The third kappa shape index (κ3) is 6.63. The minimum atomic E-state index is -1.45. The molecule has 10 nitrogen and oxygen atoms in total. The van der Waals surface area contributed by atoms with E-state index in [9.17, 15) is 24.3 Å². The molecule has 2 aliphatic heterocycles. The van der Waals surface area contributed by atoms with E-state index < -0.39 is 41.5 Å². The Hall–Kier alpha value is -4.99. The fourth-order valence-electron chi connectivity index (χ4n) is 6.61. The Kier molecular flexibility index (Phi) is 9.11. The van der Waals surface area contributed by atoms with Crippen LogP contribution in [-0.2, 0) is 19.2 Å². The van der Waals surface area contributed by atoms with Crippen LogP contribution in [0.4, 0.5) is 0 Å². The van der Waals surface area contributed by atoms with E-state index >= 15 is 0 Å². The maximum absolute atomic E-state index is 14.2. The topological polar surface area (TPSA) is 138 Å². The van der Waals surface area contributed by atoms with Crippen LogP contribution in [-0.4, -0.2) is 69.0 Å². The summed E-state index contributed by atoms with van der Waals surface area (Å²) in [5, 5.41) is 16.4. The number of fused-ring (bicyclic) bond motifs is 3. The van der Waals surface area contributed by atoms with Gasteiger partial charge in [0.1, 0.15) is 29.5 Å². The Bertz CT molecular complexity index is 1740. The van der Waals surface area contributed by atoms with Crippen LogP contribution in [0.2, 0.25) is 0 Å². The first-order valence-corrected chi connectivity index (χ1v) is 16.3. The number of rotatable bonds is 8. The van der Waals surface area contributed by atoms with Gasteiger partial charge in [-0.25, -0.2) is 9.78 Å². The molecule has 5 atom stereocenters. The van der Waals surface area contributed by atoms with E-state index in [1.807, 2.05) is 73.7 Å². The first-order chi connectivity index (χ1) is 22.7. The quantitative estimate of drug-likeness (QED) is 0.300. The summed E-state index contributed by atoms with van der Waals surface area (Å²) in [6.45, 7) is 5.81. The Morgan fingerprint density at radius 3 is 2.72 bits per heavy atom. The number of carbonyl (C=O) groups is 4. The molecule has 1 aromatic heterocycles. The van der Waals surface area contributed by atoms with Crippen LogP contribution in [0, 0.1) is 5.92 Å². The lowest BCUT2D eigenvalue weighted by Crippen LogP contribution is -2.56. The molecule has 0 radical (unpaired) electrons. The molecular formula is C37H40N4O6. The zero-order valence-corrected chi connectivity index (χ0v) is 26.5. The second-order valence-electron chi connectivity index (χ2n) is 12.6. The van der Waals surface area contributed by atoms with E-state index in [2.05, 4.69) is 17.2 Å². The van der Waals surface area contributed by atoms with Crippen molar-refractivity contribution in [3.63, 3.8) is 0 Å². The van der Waals surface area contributed by atoms with Gasteiger partial charge < -0.3 is 25.4 Å². The normalized spacial score (nSPS) is 25.7. The SMILES string of the molecule is C=C[C@@H]1C[C@]1(NC(=O)[C@H]1C[C@@H]2CN1C(=O)[C@H](CCCC)NC(=O)CCC=Cc1ccc3nc(-c4ccccc4)cc(c3c1)O2)C(=O)O. The lowest BCUT2D eigenvalue weighted by atomic mass is 10.1. The first-order valence-electron chi connectivity index (χ1n) is 16.3. The van der Waals surface area contributed by atoms with Crippen molar-refractivity contribution in [1.82, 2.24) is 20.5 Å². The molecule has 6 rings (SSSR count). The number of amides is 3. The van der Waals surface area contributed by atoms with Gasteiger partial charge in [0.25, 0.3) is 0 Å². The van der Waals surface area contributed by atoms with Crippen molar-refractivity contribution >= 4 is 40.7 Å². The molecule has 3 heterocycles. The van der Waals surface area contributed by atoms with Crippen molar-refractivity contribution < 1.29 is 29.0 Å². The maximum Gasteiger partial charge on any atom is 0.330 e. The summed E-state index contributed by atoms with van der Waals surface area (Å²) in [7, 11) is 0. The molecule has 3 amide bonds. The van der Waals surface area contributed by atoms with Crippen LogP contribution in [0.3, 0.4) is 0 Å². The number of carboxylic acid groups (broad SMARTS) is 1. The molecule has 1 saturated heterocycles. The Morgan fingerprint density at radius 2 is 2.00 bits per heavy atom. The van der Waals surface area contributed by atoms with Crippen molar-refractivity contribution in [2.45, 2.75) is 75.6 Å². The molecule has 0 spiro atoms. The minimum absolute atomic E-state index is 0.0878. The van der Waals surface area contributed by atoms with Crippen LogP contribution in [0.25, 0.3) is 28.2 Å². The predicted molar refractivity (Wildman–Crippen MR) is 178 cm³/mol. The molecule has 3 N–H and O–H groups in total. The number of carboxylic acids is 1. The fourth-order valence-corrected chi connectivity index (χ4v) is 6.61. The van der Waals surface area contributed by atoms with Gasteiger partial charge in [0, 0.05) is 35.8 Å². The zero-order chi connectivity index (χ0) is 33.1. The highest BCUT2D eigenvalue weighted by molar-refractivity contribution is 5.96. The number of nitrogens with zero attached hydrogens (tertiary/aromatic N) is 2. The van der Waals surface area contributed by atoms with Gasteiger partial charge in [-0.3, -0.25) is 14.4 Å². The molecule has 0 unspecified atom stereocenters. The average Bonchev–Trinajstić information content (AvgIpc) is 3.64. The third-order valence-corrected chi connectivity index (χ3v) is 9.36. The van der Waals surface area contributed by atoms with E-state index in [4.69, 9.17) is 9.72 Å². The summed E-state index contributed by atoms with van der Waals surface area (Å²) in [6, 6.07) is 15.7. The second-order valence-corrected chi connectivity index (χ2v) is 12.6. The van der Waals surface area contributed by atoms with Gasteiger partial charge in [0.2, 0.25) is 17.7 Å². The van der Waals surface area contributed by atoms with Gasteiger partial charge >= 0.3 is 5.97 Å². The summed E-state index contributed by atoms with van der Waals surface area (Å²) < 4.78 is 6.68. The van der Waals surface area contributed by atoms with Crippen LogP contribution < -0.4 is 15.4 Å². The zero-order valence-electron chi connectivity index (χ0n) is 26.5. The van der Waals surface area contributed by atoms with Gasteiger partial charge in [0.15, 0.2) is 0 Å². The van der Waals surface area contributed by atoms with Gasteiger partial charge in [-0.05, 0) is 37.0 Å². The van der Waals surface area contributed by atoms with Crippen LogP contribution in [0.5, 0.6) is 5.75 Å². The molecule has 47 heavy (non-hydrogen) atoms. The summed E-state index contributed by atoms with van der Waals surface area (Å²) in [4.78, 5) is 59.6. The molecule has 4 bridgehead atoms. The van der Waals surface area contributed by atoms with Crippen molar-refractivity contribution in [1.29, 1.82) is 0 Å². The highest BCUT2D eigenvalue weighted by Crippen LogP contribution is 2.45. The van der Waals surface area contributed by atoms with Crippen molar-refractivity contribution in [2.75, 3.05) is 6.54 Å². The molecule has 3 aliphatic rings. The molecule has 1 saturated carbocycles. The number of unbranched alkanes of at least 4 members (excludes halogenated alkanes) is 1. The monoisotopic (exact) mass is 636 g/mol. The molecular weight excluding hydrogens is 596 g/mol. The Labute approximate surface area is 273 Å². The lowest BCUT2D eigenvalue weighted by molar-refractivity contribution is -0.146. The fraction of sp³-hybridized carbons (Fsp3) is 0.378. The number of hydrogen-bond acceptors (Lipinski definition) is 6. The summed E-state index contributed by atoms with van der Waals surface area (Å²) in [5.41, 5.74) is 1.84. The van der Waals surface area contributed by atoms with E-state index in [1.54, 1.807) is 0 Å². The number of nitrogens with one attached hydrogen (secondary N) is 2. The van der Waals surface area contributed by atoms with Crippen LogP contribution in [0.15, 0.2) is 73.3 Å². The van der Waals surface area contributed by atoms with Gasteiger partial charge in [-0.2, -0.15) is 0 Å². The summed E-state index contributed by atoms with van der Waals surface area (Å²) in [6.07, 6.45) is 7.83. The molecule has 2 fully saturated rings. The standard InChI is InChI=1S/C37H40N4O6/c1-3-5-14-29-35(44)41-22-26(19-31(41)34(43)40-37(36(45)46)21-25(37)4-2)47-32-20-30(24-12-7-6-8-13-24)38-28-17-16-23(18-27(28)32)11-9-10-15-33(42)39-29/h4,6-9,11-13,16-18,20,25-26,29,31H,2-3,5,10,14-15,19,21-22H2,1H3,(H,39,42)(H,40,43)(H,45,46)/t25-,26-,29+,31-,37-/m1/s1. The molecule has 3 aromatic rings. The summed E-state index contributed by atoms with van der Waals surface area (Å²) in [5.74, 6) is -2.17. The number of aromatic nitrogens is 1. The van der Waals surface area contributed by atoms with Crippen LogP contribution >= 0.6 is 0 Å². The molecule has 1 aliphatic carbocycles. The number of hydrogen-bond donors (Lipinski definition) is 3. The minimum Gasteiger partial charge on any atom is -0.488 e. The van der Waals surface area contributed by atoms with E-state index in [0.717, 1.165) is 34.1 Å². The third-order valence-electron chi connectivity index (χ3n) is 9.36. The van der Waals surface area contributed by atoms with Crippen molar-refractivity contribution in [3.05, 3.63) is 78.9 Å². The largest absolute Gasteiger partial charge is 0.488 e. The van der Waals surface area contributed by atoms with Gasteiger partial charge in [0.05, 0.1) is 17.8 Å². The van der Waals surface area contributed by atoms with Crippen LogP contribution in [0.1, 0.15) is 57.4 Å². The molecule has 244 valence electrons. The lowest BCUT2D eigenvalue weighted by Gasteiger charge is -2.29. The Morgan fingerprint density at radius 1 is 1.19 bits per heavy atom. The number of pyridine rings is 1. The number of carbonyl (C=O) groups excluding carboxylic acids is 3. The maximum atomic E-state index is 14.2. The predicted octanol–water partition coefficient (Wildman–Crippen LogP) is 4.88. The highest BCUT2D eigenvalue weighted by atomic mass is 16.5. The number of ether oxygens (including phenoxy) is 1. The molecule has 10 heteroatoms. The average molecular weight is 637 g/mol. The van der Waals surface area contributed by atoms with Crippen molar-refractivity contribution in [2.24, 2.45) is 5.92 Å². The van der Waals surface area contributed by atoms with E-state index in [1.165, 1.54) is 11.0 Å². The highest BCUT2D eigenvalue weighted by Gasteiger charge is 2.61. The molecule has 2 aromatic carbocycles. The van der Waals surface area contributed by atoms with Gasteiger partial charge in [-0.1, -0.05) is 74.4 Å². The number of benzene rings is 2.